The molecule has 0 fully saturated rings. The summed E-state index contributed by atoms with van der Waals surface area (Å²) in [7, 11) is -3.34. The summed E-state index contributed by atoms with van der Waals surface area (Å²) in [6, 6.07) is 9.87. The molecule has 0 amide bonds. The summed E-state index contributed by atoms with van der Waals surface area (Å²) in [5.41, 5.74) is 6.89. The highest BCUT2D eigenvalue weighted by Gasteiger charge is 2.44. The van der Waals surface area contributed by atoms with Crippen LogP contribution in [0.5, 0.6) is 0 Å². The molecule has 176 valence electrons. The Morgan fingerprint density at radius 1 is 1.06 bits per heavy atom. The standard InChI is InChI=1S/C26H32N2O4S/c1-5-7-13-26(14-8-6-2)21-11-9-18(33(4,30)31)15-20(21)24-22(26)12-10-19-23(16-27-25(19)24)28-32-17(3)29/h9-12,15,27H,5-8,13-14,16H2,1-4H3/b28-23+. The summed E-state index contributed by atoms with van der Waals surface area (Å²) in [5, 5.41) is 7.50. The highest BCUT2D eigenvalue weighted by Crippen LogP contribution is 2.57. The number of unbranched alkanes of at least 4 members (excludes halogenated alkanes) is 2. The molecule has 2 aromatic rings. The van der Waals surface area contributed by atoms with Crippen LogP contribution in [-0.4, -0.2) is 32.9 Å². The zero-order chi connectivity index (χ0) is 23.8. The van der Waals surface area contributed by atoms with Gasteiger partial charge in [-0.3, -0.25) is 0 Å². The molecule has 0 spiro atoms. The van der Waals surface area contributed by atoms with Crippen LogP contribution in [0, 0.1) is 0 Å². The average molecular weight is 469 g/mol. The van der Waals surface area contributed by atoms with Crippen molar-refractivity contribution in [1.29, 1.82) is 0 Å². The van der Waals surface area contributed by atoms with Gasteiger partial charge in [0.25, 0.3) is 0 Å². The SMILES string of the molecule is CCCCC1(CCCC)c2ccc(S(C)(=O)=O)cc2-c2c1ccc1c2NC/C1=N\OC(C)=O. The fourth-order valence-corrected chi connectivity index (χ4v) is 5.96. The second kappa shape index (κ2) is 8.93. The summed E-state index contributed by atoms with van der Waals surface area (Å²) < 4.78 is 24.8. The van der Waals surface area contributed by atoms with E-state index in [1.54, 1.807) is 6.07 Å². The number of sulfone groups is 1. The van der Waals surface area contributed by atoms with Crippen LogP contribution in [-0.2, 0) is 24.9 Å². The normalized spacial score (nSPS) is 16.8. The Balaban J connectivity index is 1.98. The minimum atomic E-state index is -3.34. The van der Waals surface area contributed by atoms with Gasteiger partial charge in [-0.1, -0.05) is 62.9 Å². The molecule has 0 unspecified atom stereocenters. The summed E-state index contributed by atoms with van der Waals surface area (Å²) in [6.07, 6.45) is 7.69. The second-order valence-electron chi connectivity index (χ2n) is 9.15. The predicted molar refractivity (Wildman–Crippen MR) is 132 cm³/mol. The quantitative estimate of drug-likeness (QED) is 0.412. The van der Waals surface area contributed by atoms with Crippen LogP contribution in [0.1, 0.15) is 76.0 Å². The first-order valence-electron chi connectivity index (χ1n) is 11.7. The molecule has 4 rings (SSSR count). The number of anilines is 1. The minimum Gasteiger partial charge on any atom is -0.378 e. The Morgan fingerprint density at radius 3 is 2.33 bits per heavy atom. The van der Waals surface area contributed by atoms with E-state index in [9.17, 15) is 13.2 Å². The van der Waals surface area contributed by atoms with Gasteiger partial charge in [0.15, 0.2) is 9.84 Å². The monoisotopic (exact) mass is 468 g/mol. The number of carbonyl (C=O) groups excluding carboxylic acids is 1. The number of benzene rings is 2. The molecule has 1 aliphatic carbocycles. The van der Waals surface area contributed by atoms with E-state index < -0.39 is 15.8 Å². The molecule has 1 aliphatic heterocycles. The molecule has 0 aromatic heterocycles. The van der Waals surface area contributed by atoms with Crippen molar-refractivity contribution < 1.29 is 18.0 Å². The fourth-order valence-electron chi connectivity index (χ4n) is 5.32. The summed E-state index contributed by atoms with van der Waals surface area (Å²) in [4.78, 5) is 16.5. The van der Waals surface area contributed by atoms with Crippen molar-refractivity contribution in [3.63, 3.8) is 0 Å². The Kier molecular flexibility index (Phi) is 6.36. The predicted octanol–water partition coefficient (Wildman–Crippen LogP) is 5.43. The van der Waals surface area contributed by atoms with Gasteiger partial charge >= 0.3 is 5.97 Å². The molecule has 0 atom stereocenters. The second-order valence-corrected chi connectivity index (χ2v) is 11.2. The molecule has 0 saturated carbocycles. The molecule has 2 aromatic carbocycles. The van der Waals surface area contributed by atoms with Crippen molar-refractivity contribution in [1.82, 2.24) is 0 Å². The molecular formula is C26H32N2O4S. The topological polar surface area (TPSA) is 84.8 Å². The molecule has 0 radical (unpaired) electrons. The average Bonchev–Trinajstić information content (AvgIpc) is 3.31. The van der Waals surface area contributed by atoms with Gasteiger partial charge in [0.05, 0.1) is 17.1 Å². The van der Waals surface area contributed by atoms with Crippen LogP contribution < -0.4 is 5.32 Å². The van der Waals surface area contributed by atoms with E-state index in [2.05, 4.69) is 36.5 Å². The highest BCUT2D eigenvalue weighted by atomic mass is 32.2. The van der Waals surface area contributed by atoms with E-state index >= 15 is 0 Å². The number of rotatable bonds is 8. The third-order valence-electron chi connectivity index (χ3n) is 6.87. The third-order valence-corrected chi connectivity index (χ3v) is 7.98. The first kappa shape index (κ1) is 23.5. The molecule has 1 N–H and O–H groups in total. The largest absolute Gasteiger partial charge is 0.378 e. The number of nitrogens with zero attached hydrogens (tertiary/aromatic N) is 1. The summed E-state index contributed by atoms with van der Waals surface area (Å²) in [5.74, 6) is -0.460. The van der Waals surface area contributed by atoms with Crippen molar-refractivity contribution in [3.05, 3.63) is 47.0 Å². The number of fused-ring (bicyclic) bond motifs is 5. The third kappa shape index (κ3) is 4.07. The molecule has 33 heavy (non-hydrogen) atoms. The minimum absolute atomic E-state index is 0.140. The molecule has 0 saturated heterocycles. The van der Waals surface area contributed by atoms with E-state index in [1.807, 2.05) is 12.1 Å². The maximum absolute atomic E-state index is 12.4. The van der Waals surface area contributed by atoms with E-state index in [4.69, 9.17) is 4.84 Å². The number of oxime groups is 1. The lowest BCUT2D eigenvalue weighted by molar-refractivity contribution is -0.140. The van der Waals surface area contributed by atoms with Crippen molar-refractivity contribution in [2.24, 2.45) is 5.16 Å². The molecule has 7 heteroatoms. The number of hydrogen-bond donors (Lipinski definition) is 1. The van der Waals surface area contributed by atoms with Crippen LogP contribution in [0.2, 0.25) is 0 Å². The zero-order valence-electron chi connectivity index (χ0n) is 19.8. The fraction of sp³-hybridized carbons (Fsp3) is 0.462. The maximum atomic E-state index is 12.4. The molecule has 6 nitrogen and oxygen atoms in total. The number of carbonyl (C=O) groups is 1. The Labute approximate surface area is 196 Å². The van der Waals surface area contributed by atoms with Gasteiger partial charge in [0.1, 0.15) is 5.71 Å². The summed E-state index contributed by atoms with van der Waals surface area (Å²) >= 11 is 0. The van der Waals surface area contributed by atoms with Gasteiger partial charge in [-0.2, -0.15) is 0 Å². The molecule has 0 bridgehead atoms. The lowest BCUT2D eigenvalue weighted by atomic mass is 9.71. The Bertz CT molecular complexity index is 1220. The van der Waals surface area contributed by atoms with Crippen molar-refractivity contribution in [3.8, 4) is 11.1 Å². The van der Waals surface area contributed by atoms with Gasteiger partial charge in [0.2, 0.25) is 0 Å². The van der Waals surface area contributed by atoms with Gasteiger partial charge in [-0.05, 0) is 41.7 Å². The van der Waals surface area contributed by atoms with E-state index in [0.717, 1.165) is 60.9 Å². The Morgan fingerprint density at radius 2 is 1.73 bits per heavy atom. The maximum Gasteiger partial charge on any atom is 0.331 e. The van der Waals surface area contributed by atoms with Gasteiger partial charge in [0, 0.05) is 29.7 Å². The van der Waals surface area contributed by atoms with Crippen LogP contribution in [0.25, 0.3) is 11.1 Å². The first-order valence-corrected chi connectivity index (χ1v) is 13.6. The molecule has 1 heterocycles. The lowest BCUT2D eigenvalue weighted by Gasteiger charge is -2.32. The molecule has 2 aliphatic rings. The lowest BCUT2D eigenvalue weighted by Crippen LogP contribution is -2.25. The van der Waals surface area contributed by atoms with Crippen LogP contribution in [0.4, 0.5) is 5.69 Å². The smallest absolute Gasteiger partial charge is 0.331 e. The number of nitrogens with one attached hydrogen (secondary N) is 1. The van der Waals surface area contributed by atoms with E-state index in [0.29, 0.717) is 17.2 Å². The van der Waals surface area contributed by atoms with Crippen LogP contribution in [0.3, 0.4) is 0 Å². The van der Waals surface area contributed by atoms with Crippen LogP contribution in [0.15, 0.2) is 40.4 Å². The number of hydrogen-bond acceptors (Lipinski definition) is 6. The van der Waals surface area contributed by atoms with Crippen molar-refractivity contribution in [2.75, 3.05) is 18.1 Å². The first-order chi connectivity index (χ1) is 15.7. The Hall–Kier alpha value is -2.67. The molecular weight excluding hydrogens is 436 g/mol. The van der Waals surface area contributed by atoms with Gasteiger partial charge in [-0.25, -0.2) is 13.2 Å². The van der Waals surface area contributed by atoms with Crippen molar-refractivity contribution in [2.45, 2.75) is 69.6 Å². The zero-order valence-corrected chi connectivity index (χ0v) is 20.6. The van der Waals surface area contributed by atoms with Gasteiger partial charge in [-0.15, -0.1) is 0 Å². The van der Waals surface area contributed by atoms with Gasteiger partial charge < -0.3 is 10.2 Å². The summed E-state index contributed by atoms with van der Waals surface area (Å²) in [6.45, 7) is 6.20. The highest BCUT2D eigenvalue weighted by molar-refractivity contribution is 7.90. The van der Waals surface area contributed by atoms with E-state index in [-0.39, 0.29) is 5.41 Å². The van der Waals surface area contributed by atoms with Crippen LogP contribution >= 0.6 is 0 Å². The van der Waals surface area contributed by atoms with E-state index in [1.165, 1.54) is 24.3 Å². The van der Waals surface area contributed by atoms with Crippen molar-refractivity contribution >= 4 is 27.2 Å².